The predicted octanol–water partition coefficient (Wildman–Crippen LogP) is 1.99. The zero-order valence-corrected chi connectivity index (χ0v) is 11.0. The number of methoxy groups -OCH3 is 2. The van der Waals surface area contributed by atoms with Crippen LogP contribution in [-0.4, -0.2) is 30.3 Å². The first-order chi connectivity index (χ1) is 9.13. The van der Waals surface area contributed by atoms with Crippen LogP contribution in [0.2, 0.25) is 0 Å². The van der Waals surface area contributed by atoms with Gasteiger partial charge in [0, 0.05) is 11.8 Å². The molecule has 2 aromatic rings. The summed E-state index contributed by atoms with van der Waals surface area (Å²) in [6.07, 6.45) is 0. The number of ether oxygens (including phenoxy) is 2. The van der Waals surface area contributed by atoms with Crippen LogP contribution in [0.1, 0.15) is 16.2 Å². The summed E-state index contributed by atoms with van der Waals surface area (Å²) in [5.41, 5.74) is 1.68. The second-order valence-electron chi connectivity index (χ2n) is 3.96. The number of anilines is 1. The van der Waals surface area contributed by atoms with Gasteiger partial charge in [-0.25, -0.2) is 0 Å². The van der Waals surface area contributed by atoms with Gasteiger partial charge in [-0.1, -0.05) is 0 Å². The molecule has 1 aromatic heterocycles. The molecule has 0 aliphatic carbocycles. The van der Waals surface area contributed by atoms with E-state index in [2.05, 4.69) is 15.5 Å². The highest BCUT2D eigenvalue weighted by molar-refractivity contribution is 6.03. The molecule has 0 unspecified atom stereocenters. The van der Waals surface area contributed by atoms with Gasteiger partial charge in [0.25, 0.3) is 5.91 Å². The largest absolute Gasteiger partial charge is 0.497 e. The summed E-state index contributed by atoms with van der Waals surface area (Å²) in [6.45, 7) is 1.83. The number of aromatic nitrogens is 2. The van der Waals surface area contributed by atoms with Crippen LogP contribution in [0.5, 0.6) is 11.5 Å². The highest BCUT2D eigenvalue weighted by atomic mass is 16.5. The van der Waals surface area contributed by atoms with Crippen LogP contribution in [0.4, 0.5) is 5.69 Å². The van der Waals surface area contributed by atoms with Crippen LogP contribution >= 0.6 is 0 Å². The summed E-state index contributed by atoms with van der Waals surface area (Å²) in [6, 6.07) is 6.84. The highest BCUT2D eigenvalue weighted by Gasteiger charge is 2.13. The van der Waals surface area contributed by atoms with E-state index in [1.807, 2.05) is 6.92 Å². The van der Waals surface area contributed by atoms with Crippen molar-refractivity contribution in [2.75, 3.05) is 19.5 Å². The summed E-state index contributed by atoms with van der Waals surface area (Å²) >= 11 is 0. The maximum atomic E-state index is 12.0. The van der Waals surface area contributed by atoms with Gasteiger partial charge < -0.3 is 14.8 Å². The minimum atomic E-state index is -0.309. The van der Waals surface area contributed by atoms with Crippen molar-refractivity contribution in [2.45, 2.75) is 6.92 Å². The lowest BCUT2D eigenvalue weighted by molar-refractivity contribution is 0.102. The molecule has 1 heterocycles. The molecule has 19 heavy (non-hydrogen) atoms. The van der Waals surface area contributed by atoms with Crippen molar-refractivity contribution in [1.82, 2.24) is 10.2 Å². The maximum absolute atomic E-state index is 12.0. The second-order valence-corrected chi connectivity index (χ2v) is 3.96. The van der Waals surface area contributed by atoms with E-state index in [-0.39, 0.29) is 5.91 Å². The van der Waals surface area contributed by atoms with Gasteiger partial charge in [0.2, 0.25) is 0 Å². The summed E-state index contributed by atoms with van der Waals surface area (Å²) in [7, 11) is 3.10. The average molecular weight is 261 g/mol. The minimum Gasteiger partial charge on any atom is -0.497 e. The number of carbonyl (C=O) groups excluding carboxylic acids is 1. The first-order valence-electron chi connectivity index (χ1n) is 5.69. The third kappa shape index (κ3) is 2.85. The third-order valence-corrected chi connectivity index (χ3v) is 2.59. The number of nitrogens with one attached hydrogen (secondary N) is 2. The van der Waals surface area contributed by atoms with E-state index in [0.29, 0.717) is 22.9 Å². The van der Waals surface area contributed by atoms with Crippen LogP contribution in [0, 0.1) is 6.92 Å². The molecular weight excluding hydrogens is 246 g/mol. The van der Waals surface area contributed by atoms with Gasteiger partial charge in [-0.2, -0.15) is 5.10 Å². The smallest absolute Gasteiger partial charge is 0.276 e. The lowest BCUT2D eigenvalue weighted by Crippen LogP contribution is -2.13. The van der Waals surface area contributed by atoms with E-state index in [1.54, 1.807) is 31.4 Å². The van der Waals surface area contributed by atoms with E-state index in [4.69, 9.17) is 9.47 Å². The molecule has 0 saturated carbocycles. The Balaban J connectivity index is 2.24. The van der Waals surface area contributed by atoms with Gasteiger partial charge >= 0.3 is 0 Å². The van der Waals surface area contributed by atoms with Gasteiger partial charge in [0.1, 0.15) is 11.5 Å². The molecule has 6 nitrogen and oxygen atoms in total. The molecule has 0 fully saturated rings. The first-order valence-corrected chi connectivity index (χ1v) is 5.69. The standard InChI is InChI=1S/C13H15N3O3/c1-8-6-11(16-15-8)13(17)14-10-7-9(18-2)4-5-12(10)19-3/h4-7H,1-3H3,(H,14,17)(H,15,16). The number of nitrogens with zero attached hydrogens (tertiary/aromatic N) is 1. The maximum Gasteiger partial charge on any atom is 0.276 e. The van der Waals surface area contributed by atoms with Crippen LogP contribution in [-0.2, 0) is 0 Å². The fourth-order valence-corrected chi connectivity index (χ4v) is 1.63. The molecule has 1 aromatic carbocycles. The Morgan fingerprint density at radius 2 is 2.05 bits per heavy atom. The number of benzene rings is 1. The first kappa shape index (κ1) is 12.9. The molecule has 2 N–H and O–H groups in total. The van der Waals surface area contributed by atoms with Crippen LogP contribution in [0.15, 0.2) is 24.3 Å². The van der Waals surface area contributed by atoms with Crippen molar-refractivity contribution in [2.24, 2.45) is 0 Å². The monoisotopic (exact) mass is 261 g/mol. The van der Waals surface area contributed by atoms with Crippen molar-refractivity contribution >= 4 is 11.6 Å². The Kier molecular flexibility index (Phi) is 3.70. The van der Waals surface area contributed by atoms with E-state index < -0.39 is 0 Å². The normalized spacial score (nSPS) is 10.1. The lowest BCUT2D eigenvalue weighted by Gasteiger charge is -2.10. The summed E-state index contributed by atoms with van der Waals surface area (Å²) in [5.74, 6) is 0.881. The number of H-pyrrole nitrogens is 1. The summed E-state index contributed by atoms with van der Waals surface area (Å²) in [4.78, 5) is 12.0. The molecule has 0 atom stereocenters. The molecule has 0 bridgehead atoms. The van der Waals surface area contributed by atoms with Crippen LogP contribution in [0.25, 0.3) is 0 Å². The van der Waals surface area contributed by atoms with Crippen molar-refractivity contribution in [3.63, 3.8) is 0 Å². The Morgan fingerprint density at radius 1 is 1.26 bits per heavy atom. The molecule has 0 radical (unpaired) electrons. The van der Waals surface area contributed by atoms with E-state index in [0.717, 1.165) is 5.69 Å². The van der Waals surface area contributed by atoms with Gasteiger partial charge in [-0.15, -0.1) is 0 Å². The zero-order valence-electron chi connectivity index (χ0n) is 11.0. The number of aromatic amines is 1. The fraction of sp³-hybridized carbons (Fsp3) is 0.231. The van der Waals surface area contributed by atoms with Gasteiger partial charge in [-0.05, 0) is 25.1 Å². The number of rotatable bonds is 4. The Labute approximate surface area is 110 Å². The Morgan fingerprint density at radius 3 is 2.63 bits per heavy atom. The van der Waals surface area contributed by atoms with Crippen molar-refractivity contribution in [3.05, 3.63) is 35.7 Å². The number of hydrogen-bond acceptors (Lipinski definition) is 4. The number of carbonyl (C=O) groups is 1. The average Bonchev–Trinajstić information content (AvgIpc) is 2.85. The van der Waals surface area contributed by atoms with Crippen molar-refractivity contribution < 1.29 is 14.3 Å². The number of amides is 1. The molecule has 0 saturated heterocycles. The lowest BCUT2D eigenvalue weighted by atomic mass is 10.2. The third-order valence-electron chi connectivity index (χ3n) is 2.59. The van der Waals surface area contributed by atoms with Crippen molar-refractivity contribution in [1.29, 1.82) is 0 Å². The molecule has 2 rings (SSSR count). The molecule has 0 spiro atoms. The predicted molar refractivity (Wildman–Crippen MR) is 70.8 cm³/mol. The topological polar surface area (TPSA) is 76.2 Å². The second kappa shape index (κ2) is 5.43. The fourth-order valence-electron chi connectivity index (χ4n) is 1.63. The SMILES string of the molecule is COc1ccc(OC)c(NC(=O)c2cc(C)[nH]n2)c1. The highest BCUT2D eigenvalue weighted by Crippen LogP contribution is 2.29. The molecule has 6 heteroatoms. The minimum absolute atomic E-state index is 0.309. The van der Waals surface area contributed by atoms with Crippen LogP contribution in [0.3, 0.4) is 0 Å². The zero-order chi connectivity index (χ0) is 13.8. The molecule has 1 amide bonds. The Bertz CT molecular complexity index is 593. The molecule has 0 aliphatic heterocycles. The summed E-state index contributed by atoms with van der Waals surface area (Å²) in [5, 5.41) is 9.36. The van der Waals surface area contributed by atoms with Gasteiger partial charge in [0.15, 0.2) is 5.69 Å². The Hall–Kier alpha value is -2.50. The van der Waals surface area contributed by atoms with Crippen molar-refractivity contribution in [3.8, 4) is 11.5 Å². The number of aryl methyl sites for hydroxylation is 1. The van der Waals surface area contributed by atoms with Gasteiger partial charge in [-0.3, -0.25) is 9.89 Å². The number of hydrogen-bond donors (Lipinski definition) is 2. The van der Waals surface area contributed by atoms with E-state index in [1.165, 1.54) is 7.11 Å². The van der Waals surface area contributed by atoms with Crippen LogP contribution < -0.4 is 14.8 Å². The van der Waals surface area contributed by atoms with E-state index in [9.17, 15) is 4.79 Å². The molecular formula is C13H15N3O3. The van der Waals surface area contributed by atoms with E-state index >= 15 is 0 Å². The summed E-state index contributed by atoms with van der Waals surface area (Å²) < 4.78 is 10.3. The molecule has 100 valence electrons. The van der Waals surface area contributed by atoms with Gasteiger partial charge in [0.05, 0.1) is 19.9 Å². The molecule has 0 aliphatic rings. The quantitative estimate of drug-likeness (QED) is 0.882.